The van der Waals surface area contributed by atoms with Crippen molar-refractivity contribution in [3.8, 4) is 6.07 Å². The van der Waals surface area contributed by atoms with Crippen LogP contribution in [-0.2, 0) is 0 Å². The molecule has 0 spiro atoms. The fourth-order valence-electron chi connectivity index (χ4n) is 2.59. The minimum absolute atomic E-state index is 0.0179. The molecule has 0 atom stereocenters. The van der Waals surface area contributed by atoms with Gasteiger partial charge < -0.3 is 10.2 Å². The molecule has 2 rings (SSSR count). The molecule has 1 aromatic rings. The Bertz CT molecular complexity index is 499. The minimum Gasteiger partial charge on any atom is -0.363 e. The Morgan fingerprint density at radius 2 is 2.17 bits per heavy atom. The highest BCUT2D eigenvalue weighted by Gasteiger charge is 2.31. The first-order chi connectivity index (χ1) is 8.45. The number of hydrogen-bond acceptors (Lipinski definition) is 4. The molecule has 1 aromatic heterocycles. The van der Waals surface area contributed by atoms with Crippen molar-refractivity contribution >= 4 is 5.69 Å². The molecule has 1 aliphatic rings. The lowest BCUT2D eigenvalue weighted by atomic mass is 9.97. The highest BCUT2D eigenvalue weighted by molar-refractivity contribution is 5.63. The first-order valence-electron chi connectivity index (χ1n) is 6.32. The van der Waals surface area contributed by atoms with Crippen LogP contribution in [0.5, 0.6) is 0 Å². The van der Waals surface area contributed by atoms with Crippen molar-refractivity contribution in [2.45, 2.75) is 33.2 Å². The number of piperazine rings is 1. The van der Waals surface area contributed by atoms with Gasteiger partial charge in [-0.15, -0.1) is 0 Å². The summed E-state index contributed by atoms with van der Waals surface area (Å²) in [5.41, 5.74) is 3.53. The summed E-state index contributed by atoms with van der Waals surface area (Å²) in [5, 5.41) is 12.8. The second-order valence-corrected chi connectivity index (χ2v) is 5.50. The molecule has 0 radical (unpaired) electrons. The average molecular weight is 244 g/mol. The Balaban J connectivity index is 2.53. The van der Waals surface area contributed by atoms with Gasteiger partial charge in [0.1, 0.15) is 6.07 Å². The topological polar surface area (TPSA) is 52.0 Å². The summed E-state index contributed by atoms with van der Waals surface area (Å²) in [6.45, 7) is 11.1. The van der Waals surface area contributed by atoms with Crippen LogP contribution in [0.2, 0.25) is 0 Å². The van der Waals surface area contributed by atoms with E-state index in [2.05, 4.69) is 35.1 Å². The zero-order chi connectivity index (χ0) is 13.3. The molecular formula is C14H20N4. The van der Waals surface area contributed by atoms with Gasteiger partial charge in [-0.3, -0.25) is 4.98 Å². The molecule has 0 bridgehead atoms. The molecule has 4 heteroatoms. The molecule has 0 saturated carbocycles. The van der Waals surface area contributed by atoms with Crippen molar-refractivity contribution in [2.24, 2.45) is 0 Å². The third kappa shape index (κ3) is 2.19. The van der Waals surface area contributed by atoms with Crippen LogP contribution in [0.25, 0.3) is 0 Å². The van der Waals surface area contributed by atoms with Gasteiger partial charge in [0, 0.05) is 30.9 Å². The molecule has 0 aromatic carbocycles. The van der Waals surface area contributed by atoms with Gasteiger partial charge in [-0.05, 0) is 33.8 Å². The van der Waals surface area contributed by atoms with E-state index in [1.807, 2.05) is 19.9 Å². The van der Waals surface area contributed by atoms with Crippen LogP contribution in [-0.4, -0.2) is 30.2 Å². The second-order valence-electron chi connectivity index (χ2n) is 5.50. The van der Waals surface area contributed by atoms with E-state index in [1.54, 1.807) is 0 Å². The van der Waals surface area contributed by atoms with Crippen molar-refractivity contribution in [1.82, 2.24) is 10.3 Å². The third-order valence-corrected chi connectivity index (χ3v) is 3.51. The van der Waals surface area contributed by atoms with Crippen LogP contribution in [0.4, 0.5) is 5.69 Å². The zero-order valence-electron chi connectivity index (χ0n) is 11.5. The van der Waals surface area contributed by atoms with Gasteiger partial charge in [0.05, 0.1) is 16.9 Å². The van der Waals surface area contributed by atoms with E-state index in [9.17, 15) is 5.26 Å². The van der Waals surface area contributed by atoms with Gasteiger partial charge in [-0.1, -0.05) is 0 Å². The van der Waals surface area contributed by atoms with Gasteiger partial charge in [-0.25, -0.2) is 0 Å². The number of nitriles is 1. The number of hydrogen-bond donors (Lipinski definition) is 1. The number of aryl methyl sites for hydroxylation is 2. The molecule has 2 heterocycles. The van der Waals surface area contributed by atoms with Gasteiger partial charge in [0.25, 0.3) is 0 Å². The summed E-state index contributed by atoms with van der Waals surface area (Å²) in [6, 6.07) is 4.33. The largest absolute Gasteiger partial charge is 0.363 e. The summed E-state index contributed by atoms with van der Waals surface area (Å²) < 4.78 is 0. The molecule has 0 unspecified atom stereocenters. The van der Waals surface area contributed by atoms with Crippen LogP contribution in [0.3, 0.4) is 0 Å². The fraction of sp³-hybridized carbons (Fsp3) is 0.571. The average Bonchev–Trinajstić information content (AvgIpc) is 2.27. The molecule has 1 N–H and O–H groups in total. The van der Waals surface area contributed by atoms with E-state index in [0.717, 1.165) is 36.7 Å². The molecule has 96 valence electrons. The number of nitrogens with one attached hydrogen (secondary N) is 1. The Labute approximate surface area is 109 Å². The second kappa shape index (κ2) is 4.58. The lowest BCUT2D eigenvalue weighted by molar-refractivity contribution is 0.380. The minimum atomic E-state index is 0.0179. The van der Waals surface area contributed by atoms with Crippen LogP contribution >= 0.6 is 0 Å². The summed E-state index contributed by atoms with van der Waals surface area (Å²) >= 11 is 0. The van der Waals surface area contributed by atoms with Crippen LogP contribution in [0.1, 0.15) is 30.8 Å². The van der Waals surface area contributed by atoms with Gasteiger partial charge in [0.2, 0.25) is 0 Å². The Morgan fingerprint density at radius 3 is 2.78 bits per heavy atom. The Morgan fingerprint density at radius 1 is 1.44 bits per heavy atom. The molecule has 0 aliphatic carbocycles. The van der Waals surface area contributed by atoms with E-state index < -0.39 is 0 Å². The zero-order valence-corrected chi connectivity index (χ0v) is 11.5. The molecule has 1 aliphatic heterocycles. The first-order valence-corrected chi connectivity index (χ1v) is 6.32. The maximum atomic E-state index is 9.36. The van der Waals surface area contributed by atoms with E-state index in [0.29, 0.717) is 5.56 Å². The molecule has 0 amide bonds. The summed E-state index contributed by atoms with van der Waals surface area (Å²) in [4.78, 5) is 6.71. The number of nitrogens with zero attached hydrogens (tertiary/aromatic N) is 3. The number of pyridine rings is 1. The van der Waals surface area contributed by atoms with Crippen LogP contribution in [0, 0.1) is 25.2 Å². The van der Waals surface area contributed by atoms with Crippen LogP contribution in [0.15, 0.2) is 6.07 Å². The Hall–Kier alpha value is -1.60. The first kappa shape index (κ1) is 12.8. The summed E-state index contributed by atoms with van der Waals surface area (Å²) in [5.74, 6) is 0. The number of rotatable bonds is 1. The predicted molar refractivity (Wildman–Crippen MR) is 72.7 cm³/mol. The fourth-order valence-corrected chi connectivity index (χ4v) is 2.59. The summed E-state index contributed by atoms with van der Waals surface area (Å²) in [6.07, 6.45) is 0. The van der Waals surface area contributed by atoms with Crippen molar-refractivity contribution in [3.63, 3.8) is 0 Å². The molecule has 1 saturated heterocycles. The van der Waals surface area contributed by atoms with Gasteiger partial charge in [-0.2, -0.15) is 5.26 Å². The standard InChI is InChI=1S/C14H20N4/c1-10-7-13(12(8-15)11(2)17-10)18-6-5-16-9-14(18,3)4/h7,16H,5-6,9H2,1-4H3. The highest BCUT2D eigenvalue weighted by atomic mass is 15.3. The lowest BCUT2D eigenvalue weighted by Crippen LogP contribution is -2.58. The van der Waals surface area contributed by atoms with E-state index in [-0.39, 0.29) is 5.54 Å². The van der Waals surface area contributed by atoms with Crippen molar-refractivity contribution in [1.29, 1.82) is 5.26 Å². The number of aromatic nitrogens is 1. The van der Waals surface area contributed by atoms with Gasteiger partial charge in [0.15, 0.2) is 0 Å². The lowest BCUT2D eigenvalue weighted by Gasteiger charge is -2.45. The smallest absolute Gasteiger partial charge is 0.103 e. The quantitative estimate of drug-likeness (QED) is 0.818. The van der Waals surface area contributed by atoms with E-state index in [1.165, 1.54) is 0 Å². The molecule has 1 fully saturated rings. The predicted octanol–water partition coefficient (Wildman–Crippen LogP) is 1.76. The summed E-state index contributed by atoms with van der Waals surface area (Å²) in [7, 11) is 0. The van der Waals surface area contributed by atoms with Gasteiger partial charge >= 0.3 is 0 Å². The maximum Gasteiger partial charge on any atom is 0.103 e. The molecular weight excluding hydrogens is 224 g/mol. The SMILES string of the molecule is Cc1cc(N2CCNCC2(C)C)c(C#N)c(C)n1. The van der Waals surface area contributed by atoms with Crippen molar-refractivity contribution < 1.29 is 0 Å². The monoisotopic (exact) mass is 244 g/mol. The molecule has 18 heavy (non-hydrogen) atoms. The van der Waals surface area contributed by atoms with E-state index >= 15 is 0 Å². The van der Waals surface area contributed by atoms with Crippen molar-refractivity contribution in [2.75, 3.05) is 24.5 Å². The highest BCUT2D eigenvalue weighted by Crippen LogP contribution is 2.30. The maximum absolute atomic E-state index is 9.36. The normalized spacial score (nSPS) is 18.5. The van der Waals surface area contributed by atoms with Crippen molar-refractivity contribution in [3.05, 3.63) is 23.0 Å². The molecule has 4 nitrogen and oxygen atoms in total. The Kier molecular flexibility index (Phi) is 3.27. The van der Waals surface area contributed by atoms with Crippen LogP contribution < -0.4 is 10.2 Å². The van der Waals surface area contributed by atoms with E-state index in [4.69, 9.17) is 0 Å². The third-order valence-electron chi connectivity index (χ3n) is 3.51. The number of anilines is 1.